The third kappa shape index (κ3) is 599. The summed E-state index contributed by atoms with van der Waals surface area (Å²) in [4.78, 5) is 0. The van der Waals surface area contributed by atoms with Crippen molar-refractivity contribution in [2.24, 2.45) is 0 Å². The summed E-state index contributed by atoms with van der Waals surface area (Å²) in [5.41, 5.74) is 0. The van der Waals surface area contributed by atoms with Crippen molar-refractivity contribution in [3.05, 3.63) is 0 Å². The summed E-state index contributed by atoms with van der Waals surface area (Å²) in [5.74, 6) is 0. The summed E-state index contributed by atoms with van der Waals surface area (Å²) in [6.07, 6.45) is 0. The molecule has 0 saturated heterocycles. The van der Waals surface area contributed by atoms with E-state index in [0.29, 0.717) is 0 Å². The van der Waals surface area contributed by atoms with Crippen LogP contribution in [0, 0.1) is 0 Å². The Balaban J connectivity index is -0.0000000133. The first-order valence-electron chi connectivity index (χ1n) is 0.698. The second-order valence-electron chi connectivity index (χ2n) is 0.448. The number of rotatable bonds is 0. The van der Waals surface area contributed by atoms with Gasteiger partial charge in [-0.2, -0.15) is 8.42 Å². The Morgan fingerprint density at radius 1 is 0.889 bits per heavy atom. The van der Waals surface area contributed by atoms with Gasteiger partial charge >= 0.3 is 10.4 Å². The Morgan fingerprint density at radius 3 is 0.889 bits per heavy atom. The summed E-state index contributed by atoms with van der Waals surface area (Å²) in [6.45, 7) is 0. The molecule has 9 heteroatoms. The fraction of sp³-hybridized carbons (Fsp3) is 0. The standard InChI is InChI=1S/2Cu.H2O4S.2H2O/c;;1-5(2,3)4;;/h;;(H2,1,2,3,4);2*1H2. The molecule has 0 aliphatic rings. The number of hydrogen-bond donors (Lipinski definition) is 2. The zero-order valence-corrected chi connectivity index (χ0v) is 6.42. The van der Waals surface area contributed by atoms with Crippen LogP contribution in [-0.2, 0) is 44.5 Å². The van der Waals surface area contributed by atoms with Gasteiger partial charge < -0.3 is 11.0 Å². The third-order valence-electron chi connectivity index (χ3n) is 0. The topological polar surface area (TPSA) is 138 Å². The molecule has 0 amide bonds. The van der Waals surface area contributed by atoms with Crippen LogP contribution in [0.15, 0.2) is 0 Å². The van der Waals surface area contributed by atoms with Gasteiger partial charge in [-0.15, -0.1) is 0 Å². The molecule has 9 heavy (non-hydrogen) atoms. The maximum Gasteiger partial charge on any atom is 0.394 e. The molecule has 0 heterocycles. The van der Waals surface area contributed by atoms with Crippen molar-refractivity contribution < 1.29 is 62.6 Å². The first-order chi connectivity index (χ1) is 2.00. The van der Waals surface area contributed by atoms with Crippen molar-refractivity contribution in [3.8, 4) is 0 Å². The van der Waals surface area contributed by atoms with Crippen LogP contribution in [-0.4, -0.2) is 28.5 Å². The average Bonchev–Trinajstić information content (AvgIpc) is 0.722. The fourth-order valence-corrected chi connectivity index (χ4v) is 0. The zero-order valence-electron chi connectivity index (χ0n) is 3.72. The van der Waals surface area contributed by atoms with Crippen LogP contribution in [0.25, 0.3) is 0 Å². The molecule has 0 unspecified atom stereocenters. The van der Waals surface area contributed by atoms with E-state index in [-0.39, 0.29) is 45.1 Å². The van der Waals surface area contributed by atoms with Crippen LogP contribution in [0.1, 0.15) is 0 Å². The summed E-state index contributed by atoms with van der Waals surface area (Å²) in [7, 11) is -4.67. The first kappa shape index (κ1) is 32.9. The normalized spacial score (nSPS) is 6.44. The van der Waals surface area contributed by atoms with Crippen LogP contribution in [0.5, 0.6) is 0 Å². The molecule has 0 aromatic rings. The van der Waals surface area contributed by atoms with E-state index in [4.69, 9.17) is 17.5 Å². The van der Waals surface area contributed by atoms with E-state index >= 15 is 0 Å². The van der Waals surface area contributed by atoms with Crippen molar-refractivity contribution in [1.82, 2.24) is 0 Å². The predicted molar refractivity (Wildman–Crippen MR) is 21.4 cm³/mol. The van der Waals surface area contributed by atoms with E-state index in [1.807, 2.05) is 0 Å². The van der Waals surface area contributed by atoms with Gasteiger partial charge in [0.05, 0.1) is 0 Å². The Morgan fingerprint density at radius 2 is 0.889 bits per heavy atom. The first-order valence-corrected chi connectivity index (χ1v) is 2.10. The van der Waals surface area contributed by atoms with Gasteiger partial charge in [-0.3, -0.25) is 9.11 Å². The van der Waals surface area contributed by atoms with Gasteiger partial charge in [0.25, 0.3) is 0 Å². The zero-order chi connectivity index (χ0) is 4.50. The van der Waals surface area contributed by atoms with Gasteiger partial charge in [-0.1, -0.05) is 0 Å². The van der Waals surface area contributed by atoms with Crippen LogP contribution in [0.3, 0.4) is 0 Å². The fourth-order valence-electron chi connectivity index (χ4n) is 0. The van der Waals surface area contributed by atoms with Gasteiger partial charge in [0, 0.05) is 34.1 Å². The summed E-state index contributed by atoms with van der Waals surface area (Å²) >= 11 is 0. The van der Waals surface area contributed by atoms with Gasteiger partial charge in [-0.25, -0.2) is 0 Å². The van der Waals surface area contributed by atoms with E-state index in [9.17, 15) is 0 Å². The Kier molecular flexibility index (Phi) is 42.4. The van der Waals surface area contributed by atoms with Crippen molar-refractivity contribution in [3.63, 3.8) is 0 Å². The molecular weight excluding hydrogens is 255 g/mol. The maximum atomic E-state index is 8.74. The van der Waals surface area contributed by atoms with E-state index in [0.717, 1.165) is 0 Å². The molecule has 0 aliphatic heterocycles. The van der Waals surface area contributed by atoms with Crippen molar-refractivity contribution >= 4 is 10.4 Å². The predicted octanol–water partition coefficient (Wildman–Crippen LogP) is -2.31. The monoisotopic (exact) mass is 260 g/mol. The number of hydrogen-bond acceptors (Lipinski definition) is 2. The minimum atomic E-state index is -4.67. The van der Waals surface area contributed by atoms with Gasteiger partial charge in [0.15, 0.2) is 0 Å². The molecule has 6 nitrogen and oxygen atoms in total. The molecular formula is H6Cu2O6S. The minimum absolute atomic E-state index is 0. The van der Waals surface area contributed by atoms with Crippen molar-refractivity contribution in [2.45, 2.75) is 0 Å². The van der Waals surface area contributed by atoms with E-state index < -0.39 is 10.4 Å². The molecule has 0 spiro atoms. The molecule has 0 bridgehead atoms. The molecule has 0 aromatic carbocycles. The Bertz CT molecular complexity index is 94.2. The van der Waals surface area contributed by atoms with Gasteiger partial charge in [0.1, 0.15) is 0 Å². The molecule has 0 fully saturated rings. The molecule has 0 aromatic heterocycles. The largest absolute Gasteiger partial charge is 0.412 e. The summed E-state index contributed by atoms with van der Waals surface area (Å²) in [6, 6.07) is 0. The second-order valence-corrected chi connectivity index (χ2v) is 1.34. The van der Waals surface area contributed by atoms with E-state index in [2.05, 4.69) is 0 Å². The third-order valence-corrected chi connectivity index (χ3v) is 0. The van der Waals surface area contributed by atoms with E-state index in [1.54, 1.807) is 0 Å². The molecule has 0 aliphatic carbocycles. The Hall–Kier alpha value is 0.829. The quantitative estimate of drug-likeness (QED) is 0.373. The Labute approximate surface area is 73.2 Å². The van der Waals surface area contributed by atoms with Crippen LogP contribution >= 0.6 is 0 Å². The SMILES string of the molecule is O.O.O=S(=O)(O)O.[Cu].[Cu]. The minimum Gasteiger partial charge on any atom is -0.412 e. The molecule has 0 rings (SSSR count). The molecule has 0 saturated carbocycles. The van der Waals surface area contributed by atoms with Gasteiger partial charge in [0.2, 0.25) is 0 Å². The molecule has 6 N–H and O–H groups in total. The van der Waals surface area contributed by atoms with Crippen LogP contribution in [0.4, 0.5) is 0 Å². The second kappa shape index (κ2) is 11.6. The molecule has 0 atom stereocenters. The van der Waals surface area contributed by atoms with Crippen molar-refractivity contribution in [1.29, 1.82) is 0 Å². The molecule has 2 radical (unpaired) electrons. The maximum absolute atomic E-state index is 8.74. The summed E-state index contributed by atoms with van der Waals surface area (Å²) in [5, 5.41) is 0. The van der Waals surface area contributed by atoms with Crippen molar-refractivity contribution in [2.75, 3.05) is 0 Å². The smallest absolute Gasteiger partial charge is 0.394 e. The summed E-state index contributed by atoms with van der Waals surface area (Å²) < 4.78 is 31.6. The molecule has 70 valence electrons. The average molecular weight is 261 g/mol. The van der Waals surface area contributed by atoms with E-state index in [1.165, 1.54) is 0 Å². The van der Waals surface area contributed by atoms with Gasteiger partial charge in [-0.05, 0) is 0 Å². The van der Waals surface area contributed by atoms with Crippen LogP contribution in [0.2, 0.25) is 0 Å². The van der Waals surface area contributed by atoms with Crippen LogP contribution < -0.4 is 0 Å².